The molecule has 0 aliphatic heterocycles. The average Bonchev–Trinajstić information content (AvgIpc) is 2.44. The summed E-state index contributed by atoms with van der Waals surface area (Å²) in [6, 6.07) is 9.36. The van der Waals surface area contributed by atoms with E-state index in [4.69, 9.17) is 0 Å². The Morgan fingerprint density at radius 2 is 1.74 bits per heavy atom. The summed E-state index contributed by atoms with van der Waals surface area (Å²) in [6.45, 7) is 7.51. The Labute approximate surface area is 137 Å². The highest BCUT2D eigenvalue weighted by Crippen LogP contribution is 2.25. The molecule has 0 spiro atoms. The molecule has 0 fully saturated rings. The molecule has 0 bridgehead atoms. The molecule has 0 aliphatic carbocycles. The Balaban J connectivity index is 2.37. The molecule has 1 atom stereocenters. The molecule has 0 aliphatic rings. The lowest BCUT2D eigenvalue weighted by Gasteiger charge is -2.20. The minimum atomic E-state index is -3.71. The summed E-state index contributed by atoms with van der Waals surface area (Å²) in [6.07, 6.45) is 0.628. The third-order valence-corrected chi connectivity index (χ3v) is 5.56. The normalized spacial score (nSPS) is 13.1. The number of nitrogens with one attached hydrogen (secondary N) is 1. The van der Waals surface area contributed by atoms with Crippen LogP contribution in [0.25, 0.3) is 0 Å². The van der Waals surface area contributed by atoms with Gasteiger partial charge in [0.1, 0.15) is 5.82 Å². The van der Waals surface area contributed by atoms with Gasteiger partial charge in [0.25, 0.3) is 0 Å². The Bertz CT molecular complexity index is 816. The van der Waals surface area contributed by atoms with E-state index in [1.807, 2.05) is 39.0 Å². The first kappa shape index (κ1) is 17.6. The van der Waals surface area contributed by atoms with E-state index in [2.05, 4.69) is 4.72 Å². The molecule has 23 heavy (non-hydrogen) atoms. The van der Waals surface area contributed by atoms with E-state index < -0.39 is 15.8 Å². The highest BCUT2D eigenvalue weighted by atomic mass is 32.2. The van der Waals surface area contributed by atoms with Gasteiger partial charge < -0.3 is 0 Å². The van der Waals surface area contributed by atoms with Gasteiger partial charge in [0.05, 0.1) is 4.90 Å². The molecule has 0 radical (unpaired) electrons. The van der Waals surface area contributed by atoms with Crippen LogP contribution in [0.1, 0.15) is 41.6 Å². The molecule has 2 aromatic carbocycles. The lowest BCUT2D eigenvalue weighted by atomic mass is 9.98. The Hall–Kier alpha value is -1.72. The topological polar surface area (TPSA) is 46.2 Å². The maximum Gasteiger partial charge on any atom is 0.241 e. The molecule has 0 heterocycles. The molecule has 2 rings (SSSR count). The smallest absolute Gasteiger partial charge is 0.207 e. The first-order chi connectivity index (χ1) is 10.7. The van der Waals surface area contributed by atoms with Gasteiger partial charge in [-0.15, -0.1) is 0 Å². The molecular weight excluding hydrogens is 313 g/mol. The zero-order valence-electron chi connectivity index (χ0n) is 13.9. The van der Waals surface area contributed by atoms with E-state index in [0.717, 1.165) is 16.7 Å². The second-order valence-electron chi connectivity index (χ2n) is 5.85. The summed E-state index contributed by atoms with van der Waals surface area (Å²) < 4.78 is 41.3. The van der Waals surface area contributed by atoms with Gasteiger partial charge in [0.2, 0.25) is 10.0 Å². The maximum atomic E-state index is 13.2. The van der Waals surface area contributed by atoms with Crippen molar-refractivity contribution in [3.05, 3.63) is 64.5 Å². The summed E-state index contributed by atoms with van der Waals surface area (Å²) >= 11 is 0. The van der Waals surface area contributed by atoms with Crippen LogP contribution in [0, 0.1) is 26.6 Å². The zero-order valence-corrected chi connectivity index (χ0v) is 14.7. The quantitative estimate of drug-likeness (QED) is 0.891. The average molecular weight is 335 g/mol. The monoisotopic (exact) mass is 335 g/mol. The lowest BCUT2D eigenvalue weighted by Crippen LogP contribution is -2.29. The first-order valence-corrected chi connectivity index (χ1v) is 9.08. The number of benzene rings is 2. The fourth-order valence-electron chi connectivity index (χ4n) is 2.75. The number of rotatable bonds is 5. The Morgan fingerprint density at radius 3 is 2.30 bits per heavy atom. The van der Waals surface area contributed by atoms with Gasteiger partial charge in [-0.1, -0.05) is 30.7 Å². The highest BCUT2D eigenvalue weighted by molar-refractivity contribution is 7.89. The molecule has 0 saturated heterocycles. The highest BCUT2D eigenvalue weighted by Gasteiger charge is 2.23. The van der Waals surface area contributed by atoms with Crippen LogP contribution in [-0.4, -0.2) is 8.42 Å². The standard InChI is InChI=1S/C18H22FNO2S/c1-5-17(16-8-6-12(2)10-13(16)3)20-23(21,22)18-9-7-15(19)11-14(18)4/h6-11,17,20H,5H2,1-4H3/t17-/m0/s1. The molecule has 5 heteroatoms. The maximum absolute atomic E-state index is 13.2. The minimum Gasteiger partial charge on any atom is -0.207 e. The fraction of sp³-hybridized carbons (Fsp3) is 0.333. The van der Waals surface area contributed by atoms with E-state index in [1.165, 1.54) is 18.2 Å². The molecule has 0 aromatic heterocycles. The van der Waals surface area contributed by atoms with Crippen LogP contribution in [0.3, 0.4) is 0 Å². The van der Waals surface area contributed by atoms with Gasteiger partial charge in [0, 0.05) is 6.04 Å². The number of hydrogen-bond donors (Lipinski definition) is 1. The number of halogens is 1. The number of sulfonamides is 1. The van der Waals surface area contributed by atoms with Crippen molar-refractivity contribution in [2.75, 3.05) is 0 Å². The van der Waals surface area contributed by atoms with Gasteiger partial charge in [-0.25, -0.2) is 17.5 Å². The van der Waals surface area contributed by atoms with Crippen molar-refractivity contribution < 1.29 is 12.8 Å². The van der Waals surface area contributed by atoms with Crippen molar-refractivity contribution >= 4 is 10.0 Å². The fourth-order valence-corrected chi connectivity index (χ4v) is 4.27. The van der Waals surface area contributed by atoms with Crippen LogP contribution >= 0.6 is 0 Å². The largest absolute Gasteiger partial charge is 0.241 e. The van der Waals surface area contributed by atoms with Crippen molar-refractivity contribution in [1.29, 1.82) is 0 Å². The zero-order chi connectivity index (χ0) is 17.2. The van der Waals surface area contributed by atoms with Gasteiger partial charge in [-0.2, -0.15) is 0 Å². The summed E-state index contributed by atoms with van der Waals surface area (Å²) in [7, 11) is -3.71. The molecule has 0 amide bonds. The van der Waals surface area contributed by atoms with Crippen molar-refractivity contribution in [2.45, 2.75) is 45.1 Å². The van der Waals surface area contributed by atoms with Gasteiger partial charge in [-0.3, -0.25) is 0 Å². The minimum absolute atomic E-state index is 0.113. The van der Waals surface area contributed by atoms with E-state index in [1.54, 1.807) is 6.92 Å². The first-order valence-electron chi connectivity index (χ1n) is 7.60. The third kappa shape index (κ3) is 3.98. The summed E-state index contributed by atoms with van der Waals surface area (Å²) in [5.74, 6) is -0.442. The van der Waals surface area contributed by atoms with E-state index in [-0.39, 0.29) is 10.9 Å². The Kier molecular flexibility index (Phi) is 5.22. The SMILES string of the molecule is CC[C@H](NS(=O)(=O)c1ccc(F)cc1C)c1ccc(C)cc1C. The summed E-state index contributed by atoms with van der Waals surface area (Å²) in [5, 5.41) is 0. The molecule has 0 saturated carbocycles. The van der Waals surface area contributed by atoms with Crippen molar-refractivity contribution in [1.82, 2.24) is 4.72 Å². The molecular formula is C18H22FNO2S. The van der Waals surface area contributed by atoms with Crippen molar-refractivity contribution in [3.63, 3.8) is 0 Å². The molecule has 2 aromatic rings. The van der Waals surface area contributed by atoms with Crippen LogP contribution in [0.2, 0.25) is 0 Å². The van der Waals surface area contributed by atoms with E-state index >= 15 is 0 Å². The van der Waals surface area contributed by atoms with E-state index in [0.29, 0.717) is 12.0 Å². The summed E-state index contributed by atoms with van der Waals surface area (Å²) in [5.41, 5.74) is 3.54. The Morgan fingerprint density at radius 1 is 1.04 bits per heavy atom. The second-order valence-corrected chi connectivity index (χ2v) is 7.53. The predicted molar refractivity (Wildman–Crippen MR) is 90.4 cm³/mol. The van der Waals surface area contributed by atoms with Crippen molar-refractivity contribution in [3.8, 4) is 0 Å². The van der Waals surface area contributed by atoms with Crippen molar-refractivity contribution in [2.24, 2.45) is 0 Å². The molecule has 124 valence electrons. The second kappa shape index (κ2) is 6.81. The lowest BCUT2D eigenvalue weighted by molar-refractivity contribution is 0.548. The van der Waals surface area contributed by atoms with E-state index in [9.17, 15) is 12.8 Å². The number of aryl methyl sites for hydroxylation is 3. The summed E-state index contributed by atoms with van der Waals surface area (Å²) in [4.78, 5) is 0.113. The molecule has 3 nitrogen and oxygen atoms in total. The molecule has 1 N–H and O–H groups in total. The van der Waals surface area contributed by atoms with Crippen LogP contribution < -0.4 is 4.72 Å². The van der Waals surface area contributed by atoms with Crippen LogP contribution in [0.4, 0.5) is 4.39 Å². The van der Waals surface area contributed by atoms with Crippen LogP contribution in [-0.2, 0) is 10.0 Å². The predicted octanol–water partition coefficient (Wildman–Crippen LogP) is 4.18. The number of hydrogen-bond acceptors (Lipinski definition) is 2. The van der Waals surface area contributed by atoms with Gasteiger partial charge >= 0.3 is 0 Å². The third-order valence-electron chi connectivity index (χ3n) is 3.93. The van der Waals surface area contributed by atoms with Gasteiger partial charge in [-0.05, 0) is 62.1 Å². The molecule has 0 unspecified atom stereocenters. The van der Waals surface area contributed by atoms with Crippen LogP contribution in [0.5, 0.6) is 0 Å². The van der Waals surface area contributed by atoms with Crippen LogP contribution in [0.15, 0.2) is 41.3 Å². The van der Waals surface area contributed by atoms with Gasteiger partial charge in [0.15, 0.2) is 0 Å².